The minimum Gasteiger partial charge on any atom is -0.530 e. The number of aliphatic hydroxyl groups excluding tert-OH is 3. The summed E-state index contributed by atoms with van der Waals surface area (Å²) in [6.45, 7) is -0.427. The molecule has 0 saturated heterocycles. The van der Waals surface area contributed by atoms with Crippen LogP contribution in [0.4, 0.5) is 4.79 Å². The average molecular weight is 891 g/mol. The maximum atomic E-state index is 14.4. The van der Waals surface area contributed by atoms with Crippen molar-refractivity contribution in [1.82, 2.24) is 4.90 Å². The Labute approximate surface area is 362 Å². The monoisotopic (exact) mass is 890 g/mol. The van der Waals surface area contributed by atoms with Gasteiger partial charge in [-0.1, -0.05) is 152 Å². The van der Waals surface area contributed by atoms with Gasteiger partial charge in [0.25, 0.3) is 0 Å². The van der Waals surface area contributed by atoms with Crippen LogP contribution >= 0.6 is 15.2 Å². The molecular formula is C46H54NO13P2-. The van der Waals surface area contributed by atoms with E-state index in [2.05, 4.69) is 0 Å². The molecule has 0 aromatic heterocycles. The second-order valence-corrected chi connectivity index (χ2v) is 18.9. The summed E-state index contributed by atoms with van der Waals surface area (Å²) >= 11 is 0. The number of hydrogen-bond donors (Lipinski definition) is 3. The van der Waals surface area contributed by atoms with Crippen molar-refractivity contribution in [3.63, 3.8) is 0 Å². The third-order valence-corrected chi connectivity index (χ3v) is 14.1. The van der Waals surface area contributed by atoms with Crippen molar-refractivity contribution in [3.8, 4) is 0 Å². The highest BCUT2D eigenvalue weighted by Gasteiger charge is 2.45. The first-order chi connectivity index (χ1) is 29.9. The Balaban J connectivity index is 1.39. The quantitative estimate of drug-likeness (QED) is 0.0470. The van der Waals surface area contributed by atoms with E-state index in [-0.39, 0.29) is 33.0 Å². The molecule has 4 atom stereocenters. The molecule has 0 aliphatic rings. The summed E-state index contributed by atoms with van der Waals surface area (Å²) in [5, 5.41) is 47.4. The van der Waals surface area contributed by atoms with Gasteiger partial charge < -0.3 is 57.7 Å². The molecule has 0 bridgehead atoms. The van der Waals surface area contributed by atoms with Crippen LogP contribution in [0.2, 0.25) is 0 Å². The van der Waals surface area contributed by atoms with E-state index in [1.807, 2.05) is 24.3 Å². The van der Waals surface area contributed by atoms with Gasteiger partial charge in [-0.15, -0.1) is 0 Å². The van der Waals surface area contributed by atoms with Gasteiger partial charge in [0.2, 0.25) is 0 Å². The summed E-state index contributed by atoms with van der Waals surface area (Å²) in [7, 11) is -8.81. The molecule has 0 aliphatic carbocycles. The van der Waals surface area contributed by atoms with Gasteiger partial charge in [0.05, 0.1) is 58.5 Å². The largest absolute Gasteiger partial charge is 0.530 e. The molecule has 5 aromatic carbocycles. The van der Waals surface area contributed by atoms with E-state index in [0.717, 1.165) is 4.90 Å². The molecular weight excluding hydrogens is 836 g/mol. The Kier molecular flexibility index (Phi) is 18.6. The van der Waals surface area contributed by atoms with Crippen LogP contribution in [0, 0.1) is 0 Å². The number of aliphatic hydroxyl groups is 3. The maximum Gasteiger partial charge on any atom is 0.362 e. The van der Waals surface area contributed by atoms with Crippen molar-refractivity contribution in [2.24, 2.45) is 0 Å². The number of hydrogen-bond acceptors (Lipinski definition) is 13. The van der Waals surface area contributed by atoms with Gasteiger partial charge in [-0.2, -0.15) is 0 Å². The Morgan fingerprint density at radius 3 is 1.08 bits per heavy atom. The molecule has 0 heterocycles. The van der Waals surface area contributed by atoms with Gasteiger partial charge >= 0.3 is 15.2 Å². The van der Waals surface area contributed by atoms with Crippen molar-refractivity contribution in [2.75, 3.05) is 19.8 Å². The minimum absolute atomic E-state index is 0.172. The molecule has 5 rings (SSSR count). The Morgan fingerprint density at radius 1 is 0.548 bits per heavy atom. The molecule has 0 aliphatic heterocycles. The molecule has 0 spiro atoms. The van der Waals surface area contributed by atoms with Crippen molar-refractivity contribution < 1.29 is 61.9 Å². The van der Waals surface area contributed by atoms with Crippen LogP contribution in [0.15, 0.2) is 152 Å². The lowest BCUT2D eigenvalue weighted by atomic mass is 9.99. The molecule has 1 amide bonds. The van der Waals surface area contributed by atoms with Gasteiger partial charge in [0.15, 0.2) is 11.7 Å². The van der Waals surface area contributed by atoms with Gasteiger partial charge in [-0.05, 0) is 41.7 Å². The fourth-order valence-corrected chi connectivity index (χ4v) is 9.44. The first kappa shape index (κ1) is 48.5. The minimum atomic E-state index is -4.40. The smallest absolute Gasteiger partial charge is 0.362 e. The number of carboxylic acid groups (broad SMARTS) is 1. The lowest BCUT2D eigenvalue weighted by Crippen LogP contribution is -2.63. The highest BCUT2D eigenvalue weighted by molar-refractivity contribution is 7.54. The number of carbonyl (C=O) groups excluding carboxylic acids is 1. The van der Waals surface area contributed by atoms with Gasteiger partial charge in [-0.3, -0.25) is 9.13 Å². The molecule has 62 heavy (non-hydrogen) atoms. The number of ether oxygens (including phenoxy) is 2. The molecule has 16 heteroatoms. The Morgan fingerprint density at radius 2 is 0.823 bits per heavy atom. The second-order valence-electron chi connectivity index (χ2n) is 14.7. The SMILES string of the molecule is CC(OCC(CO)(COC(C)C(O)P(=O)(OCc1ccccc1)OCc1ccccc1)N(Cc1ccccc1)C(=O)[O-])C(O)P(=O)(OCc1ccccc1)OCc1ccccc1. The van der Waals surface area contributed by atoms with Crippen molar-refractivity contribution in [2.45, 2.75) is 76.3 Å². The van der Waals surface area contributed by atoms with Crippen LogP contribution in [0.1, 0.15) is 41.7 Å². The number of rotatable bonds is 26. The van der Waals surface area contributed by atoms with Crippen LogP contribution in [0.3, 0.4) is 0 Å². The number of benzene rings is 5. The van der Waals surface area contributed by atoms with Crippen LogP contribution in [0.25, 0.3) is 0 Å². The summed E-state index contributed by atoms with van der Waals surface area (Å²) in [6, 6.07) is 44.0. The highest BCUT2D eigenvalue weighted by atomic mass is 31.2. The van der Waals surface area contributed by atoms with E-state index in [0.29, 0.717) is 27.8 Å². The van der Waals surface area contributed by atoms with E-state index < -0.39 is 70.5 Å². The normalized spacial score (nSPS) is 14.9. The fraction of sp³-hybridized carbons (Fsp3) is 0.326. The number of amides is 1. The van der Waals surface area contributed by atoms with Gasteiger partial charge in [0, 0.05) is 6.54 Å². The molecule has 0 fully saturated rings. The summed E-state index contributed by atoms with van der Waals surface area (Å²) in [5.74, 6) is -3.79. The molecule has 14 nitrogen and oxygen atoms in total. The molecule has 0 saturated carbocycles. The molecule has 4 unspecified atom stereocenters. The number of nitrogens with zero attached hydrogens (tertiary/aromatic N) is 1. The van der Waals surface area contributed by atoms with Crippen molar-refractivity contribution in [3.05, 3.63) is 179 Å². The van der Waals surface area contributed by atoms with Gasteiger partial charge in [-0.25, -0.2) is 0 Å². The molecule has 3 N–H and O–H groups in total. The first-order valence-corrected chi connectivity index (χ1v) is 23.2. The maximum absolute atomic E-state index is 14.4. The van der Waals surface area contributed by atoms with Crippen molar-refractivity contribution >= 4 is 21.3 Å². The van der Waals surface area contributed by atoms with E-state index in [1.54, 1.807) is 127 Å². The Hall–Kier alpha value is -4.53. The van der Waals surface area contributed by atoms with Crippen LogP contribution in [0.5, 0.6) is 0 Å². The standard InChI is InChI=1S/C46H55NO13P2/c1-36(43(49)61(53,57-29-39-20-10-4-11-21-39)58-30-40-22-12-5-13-23-40)55-34-46(33-48,47(45(51)52)28-38-18-8-3-9-19-38)35-56-37(2)44(50)62(54,59-31-41-24-14-6-15-25-41)60-32-42-26-16-7-17-27-42/h3-27,36-37,43-44,48-50H,28-35H2,1-2H3,(H,51,52)/p-1. The van der Waals surface area contributed by atoms with E-state index >= 15 is 0 Å². The molecule has 5 aromatic rings. The highest BCUT2D eigenvalue weighted by Crippen LogP contribution is 2.56. The van der Waals surface area contributed by atoms with E-state index in [9.17, 15) is 34.4 Å². The zero-order valence-electron chi connectivity index (χ0n) is 34.7. The van der Waals surface area contributed by atoms with Crippen LogP contribution < -0.4 is 5.11 Å². The predicted octanol–water partition coefficient (Wildman–Crippen LogP) is 7.26. The third kappa shape index (κ3) is 14.0. The van der Waals surface area contributed by atoms with E-state index in [4.69, 9.17) is 27.6 Å². The lowest BCUT2D eigenvalue weighted by molar-refractivity contribution is -0.279. The topological polar surface area (TPSA) is 194 Å². The lowest BCUT2D eigenvalue weighted by Gasteiger charge is -2.45. The van der Waals surface area contributed by atoms with Crippen LogP contribution in [-0.4, -0.2) is 75.6 Å². The molecule has 0 radical (unpaired) electrons. The first-order valence-electron chi connectivity index (χ1n) is 20.0. The summed E-state index contributed by atoms with van der Waals surface area (Å²) < 4.78 is 64.3. The Bertz CT molecular complexity index is 1940. The zero-order chi connectivity index (χ0) is 44.4. The summed E-state index contributed by atoms with van der Waals surface area (Å²) in [6.07, 6.45) is -4.40. The van der Waals surface area contributed by atoms with Gasteiger partial charge in [0.1, 0.15) is 11.6 Å². The third-order valence-electron chi connectivity index (χ3n) is 10.0. The van der Waals surface area contributed by atoms with Crippen LogP contribution in [-0.2, 0) is 69.7 Å². The zero-order valence-corrected chi connectivity index (χ0v) is 36.5. The summed E-state index contributed by atoms with van der Waals surface area (Å²) in [4.78, 5) is 13.8. The fourth-order valence-electron chi connectivity index (χ4n) is 6.16. The average Bonchev–Trinajstić information content (AvgIpc) is 3.32. The predicted molar refractivity (Wildman–Crippen MR) is 230 cm³/mol. The summed E-state index contributed by atoms with van der Waals surface area (Å²) in [5.41, 5.74) is 1.19. The number of carbonyl (C=O) groups is 1. The second kappa shape index (κ2) is 23.8. The van der Waals surface area contributed by atoms with E-state index in [1.165, 1.54) is 13.8 Å². The molecule has 332 valence electrons. The van der Waals surface area contributed by atoms with Crippen molar-refractivity contribution in [1.29, 1.82) is 0 Å².